The van der Waals surface area contributed by atoms with Crippen LogP contribution in [0.3, 0.4) is 0 Å². The molecular weight excluding hydrogens is 364 g/mol. The van der Waals surface area contributed by atoms with Gasteiger partial charge in [0.2, 0.25) is 0 Å². The van der Waals surface area contributed by atoms with Gasteiger partial charge < -0.3 is 19.2 Å². The summed E-state index contributed by atoms with van der Waals surface area (Å²) in [6, 6.07) is 9.40. The third kappa shape index (κ3) is 4.49. The summed E-state index contributed by atoms with van der Waals surface area (Å²) >= 11 is 1.37. The monoisotopic (exact) mass is 386 g/mol. The molecule has 0 radical (unpaired) electrons. The van der Waals surface area contributed by atoms with Crippen molar-refractivity contribution in [1.82, 2.24) is 10.3 Å². The van der Waals surface area contributed by atoms with E-state index in [0.717, 1.165) is 29.2 Å². The fraction of sp³-hybridized carbons (Fsp3) is 0.300. The highest BCUT2D eigenvalue weighted by Gasteiger charge is 2.17. The zero-order valence-corrected chi connectivity index (χ0v) is 16.4. The van der Waals surface area contributed by atoms with Gasteiger partial charge in [0.05, 0.1) is 26.2 Å². The lowest BCUT2D eigenvalue weighted by Crippen LogP contribution is -2.24. The number of benzene rings is 1. The maximum atomic E-state index is 12.5. The first-order valence-corrected chi connectivity index (χ1v) is 9.44. The predicted octanol–water partition coefficient (Wildman–Crippen LogP) is 4.09. The fourth-order valence-corrected chi connectivity index (χ4v) is 3.68. The molecule has 0 bridgehead atoms. The molecular formula is C20H22N2O4S. The first-order chi connectivity index (χ1) is 13.1. The van der Waals surface area contributed by atoms with Crippen molar-refractivity contribution in [3.8, 4) is 22.1 Å². The minimum absolute atomic E-state index is 0.101. The molecule has 0 fully saturated rings. The number of ether oxygens (including phenoxy) is 2. The lowest BCUT2D eigenvalue weighted by atomic mass is 10.2. The number of hydrogen-bond donors (Lipinski definition) is 1. The molecule has 0 saturated heterocycles. The Morgan fingerprint density at radius 1 is 1.22 bits per heavy atom. The van der Waals surface area contributed by atoms with Crippen LogP contribution < -0.4 is 14.8 Å². The van der Waals surface area contributed by atoms with E-state index in [9.17, 15) is 4.79 Å². The van der Waals surface area contributed by atoms with E-state index in [0.29, 0.717) is 28.6 Å². The number of furan rings is 1. The number of hydrogen-bond acceptors (Lipinski definition) is 6. The Bertz CT molecular complexity index is 903. The van der Waals surface area contributed by atoms with Crippen LogP contribution in [-0.2, 0) is 6.42 Å². The minimum Gasteiger partial charge on any atom is -0.493 e. The van der Waals surface area contributed by atoms with Crippen molar-refractivity contribution in [3.05, 3.63) is 52.9 Å². The number of rotatable bonds is 8. The largest absolute Gasteiger partial charge is 0.493 e. The van der Waals surface area contributed by atoms with Gasteiger partial charge in [-0.15, -0.1) is 11.3 Å². The third-order valence-corrected chi connectivity index (χ3v) is 5.30. The van der Waals surface area contributed by atoms with E-state index in [-0.39, 0.29) is 5.91 Å². The lowest BCUT2D eigenvalue weighted by Gasteiger charge is -2.08. The predicted molar refractivity (Wildman–Crippen MR) is 105 cm³/mol. The Morgan fingerprint density at radius 2 is 2.04 bits per heavy atom. The van der Waals surface area contributed by atoms with Gasteiger partial charge in [-0.25, -0.2) is 4.98 Å². The van der Waals surface area contributed by atoms with Crippen LogP contribution in [0.25, 0.3) is 10.6 Å². The Morgan fingerprint density at radius 3 is 2.74 bits per heavy atom. The summed E-state index contributed by atoms with van der Waals surface area (Å²) in [5.41, 5.74) is 1.60. The molecule has 0 atom stereocenters. The Kier molecular flexibility index (Phi) is 6.13. The number of aryl methyl sites for hydroxylation is 2. The molecule has 1 aromatic carbocycles. The smallest absolute Gasteiger partial charge is 0.263 e. The topological polar surface area (TPSA) is 73.6 Å². The highest BCUT2D eigenvalue weighted by Crippen LogP contribution is 2.34. The van der Waals surface area contributed by atoms with E-state index >= 15 is 0 Å². The van der Waals surface area contributed by atoms with Crippen LogP contribution in [0.4, 0.5) is 0 Å². The molecule has 3 rings (SSSR count). The van der Waals surface area contributed by atoms with Gasteiger partial charge in [-0.05, 0) is 43.7 Å². The van der Waals surface area contributed by atoms with Crippen molar-refractivity contribution in [2.24, 2.45) is 0 Å². The van der Waals surface area contributed by atoms with Crippen molar-refractivity contribution in [1.29, 1.82) is 0 Å². The summed E-state index contributed by atoms with van der Waals surface area (Å²) in [5.74, 6) is 2.11. The molecule has 7 heteroatoms. The quantitative estimate of drug-likeness (QED) is 0.590. The van der Waals surface area contributed by atoms with Crippen molar-refractivity contribution in [2.75, 3.05) is 20.8 Å². The number of nitrogens with one attached hydrogen (secondary N) is 1. The molecule has 0 aliphatic heterocycles. The van der Waals surface area contributed by atoms with Gasteiger partial charge >= 0.3 is 0 Å². The Balaban J connectivity index is 1.65. The van der Waals surface area contributed by atoms with E-state index in [1.54, 1.807) is 20.5 Å². The van der Waals surface area contributed by atoms with Crippen LogP contribution in [0.15, 0.2) is 41.0 Å². The number of methoxy groups -OCH3 is 2. The molecule has 142 valence electrons. The Labute approximate surface area is 162 Å². The number of amides is 1. The van der Waals surface area contributed by atoms with Gasteiger partial charge in [0.1, 0.15) is 15.6 Å². The molecule has 0 spiro atoms. The number of nitrogens with zero attached hydrogens (tertiary/aromatic N) is 1. The van der Waals surface area contributed by atoms with Crippen molar-refractivity contribution in [3.63, 3.8) is 0 Å². The molecule has 0 unspecified atom stereocenters. The van der Waals surface area contributed by atoms with Gasteiger partial charge in [0, 0.05) is 18.5 Å². The summed E-state index contributed by atoms with van der Waals surface area (Å²) in [5, 5.41) is 3.73. The SMILES string of the molecule is COc1ccc(-c2nc(C)c(C(=O)NCCCc3ccco3)s2)cc1OC. The normalized spacial score (nSPS) is 10.6. The summed E-state index contributed by atoms with van der Waals surface area (Å²) in [7, 11) is 3.19. The van der Waals surface area contributed by atoms with E-state index in [2.05, 4.69) is 10.3 Å². The average Bonchev–Trinajstić information content (AvgIpc) is 3.34. The molecule has 2 aromatic heterocycles. The summed E-state index contributed by atoms with van der Waals surface area (Å²) < 4.78 is 15.9. The highest BCUT2D eigenvalue weighted by atomic mass is 32.1. The molecule has 0 aliphatic rings. The van der Waals surface area contributed by atoms with Gasteiger partial charge in [-0.2, -0.15) is 0 Å². The van der Waals surface area contributed by atoms with Crippen molar-refractivity contribution in [2.45, 2.75) is 19.8 Å². The second-order valence-electron chi connectivity index (χ2n) is 5.94. The third-order valence-electron chi connectivity index (χ3n) is 4.10. The van der Waals surface area contributed by atoms with E-state index in [4.69, 9.17) is 13.9 Å². The number of aromatic nitrogens is 1. The van der Waals surface area contributed by atoms with Gasteiger partial charge in [0.25, 0.3) is 5.91 Å². The van der Waals surface area contributed by atoms with Crippen LogP contribution in [-0.4, -0.2) is 31.7 Å². The molecule has 2 heterocycles. The van der Waals surface area contributed by atoms with Crippen LogP contribution in [0.2, 0.25) is 0 Å². The highest BCUT2D eigenvalue weighted by molar-refractivity contribution is 7.17. The van der Waals surface area contributed by atoms with Crippen LogP contribution in [0.5, 0.6) is 11.5 Å². The number of carbonyl (C=O) groups is 1. The maximum Gasteiger partial charge on any atom is 0.263 e. The van der Waals surface area contributed by atoms with Crippen LogP contribution >= 0.6 is 11.3 Å². The zero-order chi connectivity index (χ0) is 19.2. The van der Waals surface area contributed by atoms with Crippen LogP contribution in [0.1, 0.15) is 27.5 Å². The first-order valence-electron chi connectivity index (χ1n) is 8.62. The number of thiazole rings is 1. The van der Waals surface area contributed by atoms with Gasteiger partial charge in [-0.3, -0.25) is 4.79 Å². The molecule has 6 nitrogen and oxygen atoms in total. The molecule has 3 aromatic rings. The van der Waals surface area contributed by atoms with Gasteiger partial charge in [-0.1, -0.05) is 0 Å². The van der Waals surface area contributed by atoms with Crippen molar-refractivity contribution < 1.29 is 18.7 Å². The van der Waals surface area contributed by atoms with E-state index in [1.807, 2.05) is 37.3 Å². The summed E-state index contributed by atoms with van der Waals surface area (Å²) in [4.78, 5) is 17.7. The zero-order valence-electron chi connectivity index (χ0n) is 15.6. The van der Waals surface area contributed by atoms with Crippen LogP contribution in [0, 0.1) is 6.92 Å². The van der Waals surface area contributed by atoms with Crippen molar-refractivity contribution >= 4 is 17.2 Å². The second kappa shape index (κ2) is 8.73. The van der Waals surface area contributed by atoms with E-state index in [1.165, 1.54) is 11.3 Å². The molecule has 27 heavy (non-hydrogen) atoms. The number of carbonyl (C=O) groups excluding carboxylic acids is 1. The molecule has 0 saturated carbocycles. The standard InChI is InChI=1S/C20H22N2O4S/c1-13-18(19(23)21-10-4-6-15-7-5-11-26-15)27-20(22-13)14-8-9-16(24-2)17(12-14)25-3/h5,7-9,11-12H,4,6,10H2,1-3H3,(H,21,23). The minimum atomic E-state index is -0.101. The molecule has 0 aliphatic carbocycles. The molecule has 1 amide bonds. The Hall–Kier alpha value is -2.80. The molecule has 1 N–H and O–H groups in total. The fourth-order valence-electron chi connectivity index (χ4n) is 2.70. The lowest BCUT2D eigenvalue weighted by molar-refractivity contribution is 0.0956. The second-order valence-corrected chi connectivity index (χ2v) is 6.94. The summed E-state index contributed by atoms with van der Waals surface area (Å²) in [6.07, 6.45) is 3.27. The summed E-state index contributed by atoms with van der Waals surface area (Å²) in [6.45, 7) is 2.43. The van der Waals surface area contributed by atoms with E-state index < -0.39 is 0 Å². The average molecular weight is 386 g/mol. The van der Waals surface area contributed by atoms with Gasteiger partial charge in [0.15, 0.2) is 11.5 Å². The maximum absolute atomic E-state index is 12.5. The first kappa shape index (κ1) is 19.0.